The molecule has 0 atom stereocenters. The Morgan fingerprint density at radius 2 is 2.19 bits per heavy atom. The molecule has 16 heavy (non-hydrogen) atoms. The third-order valence-corrected chi connectivity index (χ3v) is 2.97. The molecule has 1 aliphatic rings. The average Bonchev–Trinajstić information content (AvgIpc) is 2.76. The fourth-order valence-electron chi connectivity index (χ4n) is 2.08. The molecule has 0 radical (unpaired) electrons. The van der Waals surface area contributed by atoms with Gasteiger partial charge in [0.15, 0.2) is 0 Å². The minimum Gasteiger partial charge on any atom is -0.475 e. The van der Waals surface area contributed by atoms with E-state index >= 15 is 0 Å². The number of hydrogen-bond donors (Lipinski definition) is 1. The number of carboxylic acid groups (broad SMARTS) is 1. The van der Waals surface area contributed by atoms with Crippen molar-refractivity contribution in [2.24, 2.45) is 0 Å². The Hall–Kier alpha value is -1.29. The van der Waals surface area contributed by atoms with Crippen molar-refractivity contribution in [1.29, 1.82) is 0 Å². The van der Waals surface area contributed by atoms with E-state index in [0.29, 0.717) is 12.2 Å². The van der Waals surface area contributed by atoms with Crippen LogP contribution in [0.1, 0.15) is 48.2 Å². The number of aromatic carboxylic acids is 1. The molecular formula is C12H16O4. The van der Waals surface area contributed by atoms with Crippen molar-refractivity contribution in [2.45, 2.75) is 44.8 Å². The van der Waals surface area contributed by atoms with Crippen molar-refractivity contribution in [1.82, 2.24) is 0 Å². The van der Waals surface area contributed by atoms with Gasteiger partial charge in [0, 0.05) is 5.56 Å². The van der Waals surface area contributed by atoms with Gasteiger partial charge in [-0.15, -0.1) is 0 Å². The van der Waals surface area contributed by atoms with E-state index in [4.69, 9.17) is 14.3 Å². The molecule has 4 nitrogen and oxygen atoms in total. The largest absolute Gasteiger partial charge is 0.475 e. The first kappa shape index (κ1) is 11.2. The molecule has 88 valence electrons. The Morgan fingerprint density at radius 1 is 1.44 bits per heavy atom. The van der Waals surface area contributed by atoms with Gasteiger partial charge < -0.3 is 14.3 Å². The highest BCUT2D eigenvalue weighted by molar-refractivity contribution is 5.85. The molecule has 0 bridgehead atoms. The van der Waals surface area contributed by atoms with Crippen LogP contribution in [-0.4, -0.2) is 17.2 Å². The first-order valence-corrected chi connectivity index (χ1v) is 5.68. The Bertz CT molecular complexity index is 350. The number of carboxylic acids is 1. The smallest absolute Gasteiger partial charge is 0.372 e. The van der Waals surface area contributed by atoms with Gasteiger partial charge in [-0.3, -0.25) is 0 Å². The van der Waals surface area contributed by atoms with Crippen LogP contribution in [0.2, 0.25) is 0 Å². The van der Waals surface area contributed by atoms with Crippen LogP contribution >= 0.6 is 0 Å². The van der Waals surface area contributed by atoms with Crippen molar-refractivity contribution in [3.63, 3.8) is 0 Å². The highest BCUT2D eigenvalue weighted by atomic mass is 16.5. The second-order valence-corrected chi connectivity index (χ2v) is 4.15. The van der Waals surface area contributed by atoms with Crippen LogP contribution in [0.25, 0.3) is 0 Å². The van der Waals surface area contributed by atoms with Crippen molar-refractivity contribution < 1.29 is 19.1 Å². The summed E-state index contributed by atoms with van der Waals surface area (Å²) in [5.74, 6) is -1.04. The minimum absolute atomic E-state index is 0.00388. The molecule has 1 fully saturated rings. The van der Waals surface area contributed by atoms with E-state index < -0.39 is 5.97 Å². The monoisotopic (exact) mass is 224 g/mol. The zero-order valence-electron chi connectivity index (χ0n) is 9.15. The molecule has 1 saturated carbocycles. The first-order valence-electron chi connectivity index (χ1n) is 5.68. The molecule has 1 aliphatic carbocycles. The summed E-state index contributed by atoms with van der Waals surface area (Å²) in [4.78, 5) is 10.8. The molecule has 4 heteroatoms. The molecule has 0 aromatic carbocycles. The first-order chi connectivity index (χ1) is 7.77. The van der Waals surface area contributed by atoms with Crippen LogP contribution in [0.3, 0.4) is 0 Å². The maximum Gasteiger partial charge on any atom is 0.372 e. The van der Waals surface area contributed by atoms with E-state index in [9.17, 15) is 4.79 Å². The van der Waals surface area contributed by atoms with Gasteiger partial charge in [-0.25, -0.2) is 4.79 Å². The molecule has 1 N–H and O–H groups in total. The number of hydrogen-bond acceptors (Lipinski definition) is 3. The Balaban J connectivity index is 1.88. The fourth-order valence-corrected chi connectivity index (χ4v) is 2.08. The van der Waals surface area contributed by atoms with Crippen molar-refractivity contribution in [3.05, 3.63) is 23.7 Å². The van der Waals surface area contributed by atoms with Crippen LogP contribution in [-0.2, 0) is 11.3 Å². The molecular weight excluding hydrogens is 208 g/mol. The maximum atomic E-state index is 10.8. The van der Waals surface area contributed by atoms with Gasteiger partial charge in [-0.2, -0.15) is 0 Å². The fraction of sp³-hybridized carbons (Fsp3) is 0.583. The second-order valence-electron chi connectivity index (χ2n) is 4.15. The Labute approximate surface area is 94.2 Å². The summed E-state index contributed by atoms with van der Waals surface area (Å²) in [5.41, 5.74) is 0.623. The van der Waals surface area contributed by atoms with Gasteiger partial charge in [0.1, 0.15) is 0 Å². The van der Waals surface area contributed by atoms with Gasteiger partial charge in [0.25, 0.3) is 0 Å². The molecule has 0 spiro atoms. The molecule has 0 saturated heterocycles. The van der Waals surface area contributed by atoms with Gasteiger partial charge in [-0.1, -0.05) is 19.3 Å². The van der Waals surface area contributed by atoms with E-state index in [1.165, 1.54) is 25.5 Å². The number of ether oxygens (including phenoxy) is 1. The normalized spacial score (nSPS) is 17.5. The van der Waals surface area contributed by atoms with E-state index in [2.05, 4.69) is 0 Å². The lowest BCUT2D eigenvalue weighted by molar-refractivity contribution is 0.0157. The van der Waals surface area contributed by atoms with Crippen LogP contribution in [0.4, 0.5) is 0 Å². The van der Waals surface area contributed by atoms with Crippen LogP contribution < -0.4 is 0 Å². The molecule has 0 unspecified atom stereocenters. The molecule has 2 rings (SSSR count). The van der Waals surface area contributed by atoms with Crippen LogP contribution in [0.15, 0.2) is 16.7 Å². The predicted octanol–water partition coefficient (Wildman–Crippen LogP) is 2.83. The summed E-state index contributed by atoms with van der Waals surface area (Å²) < 4.78 is 10.6. The van der Waals surface area contributed by atoms with Crippen molar-refractivity contribution >= 4 is 5.97 Å². The summed E-state index contributed by atoms with van der Waals surface area (Å²) in [5, 5.41) is 8.84. The van der Waals surface area contributed by atoms with Gasteiger partial charge in [0.2, 0.25) is 5.76 Å². The number of furan rings is 1. The van der Waals surface area contributed by atoms with Gasteiger partial charge >= 0.3 is 5.97 Å². The maximum absolute atomic E-state index is 10.8. The topological polar surface area (TPSA) is 59.7 Å². The van der Waals surface area contributed by atoms with E-state index in [-0.39, 0.29) is 11.9 Å². The van der Waals surface area contributed by atoms with Crippen LogP contribution in [0.5, 0.6) is 0 Å². The molecule has 1 heterocycles. The van der Waals surface area contributed by atoms with Crippen molar-refractivity contribution in [3.8, 4) is 0 Å². The predicted molar refractivity (Wildman–Crippen MR) is 57.3 cm³/mol. The molecule has 0 aliphatic heterocycles. The summed E-state index contributed by atoms with van der Waals surface area (Å²) >= 11 is 0. The summed E-state index contributed by atoms with van der Waals surface area (Å²) in [6.07, 6.45) is 7.55. The lowest BCUT2D eigenvalue weighted by Gasteiger charge is -2.21. The van der Waals surface area contributed by atoms with E-state index in [1.807, 2.05) is 0 Å². The summed E-state index contributed by atoms with van der Waals surface area (Å²) in [6, 6.07) is 1.66. The quantitative estimate of drug-likeness (QED) is 0.854. The van der Waals surface area contributed by atoms with Crippen LogP contribution in [0, 0.1) is 0 Å². The SMILES string of the molecule is O=C(O)c1occc1COC1CCCCC1. The lowest BCUT2D eigenvalue weighted by atomic mass is 9.98. The highest BCUT2D eigenvalue weighted by Crippen LogP contribution is 2.22. The highest BCUT2D eigenvalue weighted by Gasteiger charge is 2.17. The lowest BCUT2D eigenvalue weighted by Crippen LogP contribution is -2.16. The number of rotatable bonds is 4. The molecule has 0 amide bonds. The van der Waals surface area contributed by atoms with Crippen molar-refractivity contribution in [2.75, 3.05) is 0 Å². The molecule has 1 aromatic rings. The summed E-state index contributed by atoms with van der Waals surface area (Å²) in [6.45, 7) is 0.336. The number of carbonyl (C=O) groups is 1. The third-order valence-electron chi connectivity index (χ3n) is 2.97. The average molecular weight is 224 g/mol. The Morgan fingerprint density at radius 3 is 2.88 bits per heavy atom. The van der Waals surface area contributed by atoms with E-state index in [0.717, 1.165) is 12.8 Å². The van der Waals surface area contributed by atoms with Gasteiger partial charge in [-0.05, 0) is 18.9 Å². The zero-order chi connectivity index (χ0) is 11.4. The van der Waals surface area contributed by atoms with Gasteiger partial charge in [0.05, 0.1) is 19.0 Å². The van der Waals surface area contributed by atoms with E-state index in [1.54, 1.807) is 6.07 Å². The second kappa shape index (κ2) is 5.16. The standard InChI is InChI=1S/C12H16O4/c13-12(14)11-9(6-7-15-11)8-16-10-4-2-1-3-5-10/h6-7,10H,1-5,8H2,(H,13,14). The Kier molecular flexibility index (Phi) is 3.62. The zero-order valence-corrected chi connectivity index (χ0v) is 9.15. The third kappa shape index (κ3) is 2.64. The summed E-state index contributed by atoms with van der Waals surface area (Å²) in [7, 11) is 0. The molecule has 1 aromatic heterocycles. The minimum atomic E-state index is -1.03.